The Labute approximate surface area is 165 Å². The molecular weight excluding hydrogens is 360 g/mol. The highest BCUT2D eigenvalue weighted by Gasteiger charge is 2.19. The van der Waals surface area contributed by atoms with Gasteiger partial charge >= 0.3 is 0 Å². The van der Waals surface area contributed by atoms with E-state index in [1.165, 1.54) is 21.3 Å². The maximum absolute atomic E-state index is 12.8. The number of methoxy groups -OCH3 is 3. The molecule has 0 aliphatic rings. The summed E-state index contributed by atoms with van der Waals surface area (Å²) in [5, 5.41) is 5.64. The predicted octanol–water partition coefficient (Wildman–Crippen LogP) is 3.35. The van der Waals surface area contributed by atoms with Gasteiger partial charge in [-0.25, -0.2) is 0 Å². The molecule has 0 aliphatic heterocycles. The molecule has 2 N–H and O–H groups in total. The summed E-state index contributed by atoms with van der Waals surface area (Å²) in [6, 6.07) is 9.96. The smallest absolute Gasteiger partial charge is 0.255 e. The minimum absolute atomic E-state index is 0.241. The van der Waals surface area contributed by atoms with Gasteiger partial charge in [-0.3, -0.25) is 9.59 Å². The van der Waals surface area contributed by atoms with Gasteiger partial charge in [-0.05, 0) is 30.2 Å². The van der Waals surface area contributed by atoms with E-state index >= 15 is 0 Å². The molecule has 2 rings (SSSR count). The molecule has 0 bridgehead atoms. The number of carbonyl (C=O) groups is 2. The Morgan fingerprint density at radius 3 is 2.07 bits per heavy atom. The van der Waals surface area contributed by atoms with Gasteiger partial charge in [0.1, 0.15) is 0 Å². The fraction of sp³-hybridized carbons (Fsp3) is 0.333. The van der Waals surface area contributed by atoms with E-state index in [1.54, 1.807) is 36.4 Å². The van der Waals surface area contributed by atoms with Crippen LogP contribution >= 0.6 is 0 Å². The number of para-hydroxylation sites is 1. The Balaban J connectivity index is 2.30. The number of nitrogens with one attached hydrogen (secondary N) is 2. The number of hydrogen-bond acceptors (Lipinski definition) is 5. The molecule has 0 fully saturated rings. The lowest BCUT2D eigenvalue weighted by molar-refractivity contribution is 0.0950. The van der Waals surface area contributed by atoms with Crippen LogP contribution in [0.1, 0.15) is 34.6 Å². The summed E-state index contributed by atoms with van der Waals surface area (Å²) in [5.41, 5.74) is 1.12. The molecule has 0 unspecified atom stereocenters. The van der Waals surface area contributed by atoms with E-state index in [-0.39, 0.29) is 5.91 Å². The summed E-state index contributed by atoms with van der Waals surface area (Å²) in [6.45, 7) is 4.57. The van der Waals surface area contributed by atoms with Crippen LogP contribution in [0.3, 0.4) is 0 Å². The van der Waals surface area contributed by atoms with Crippen LogP contribution in [0.5, 0.6) is 17.2 Å². The molecule has 0 atom stereocenters. The van der Waals surface area contributed by atoms with Crippen molar-refractivity contribution >= 4 is 17.5 Å². The first kappa shape index (κ1) is 21.1. The van der Waals surface area contributed by atoms with E-state index in [4.69, 9.17) is 14.2 Å². The van der Waals surface area contributed by atoms with Crippen LogP contribution in [0.15, 0.2) is 36.4 Å². The monoisotopic (exact) mass is 386 g/mol. The lowest BCUT2D eigenvalue weighted by Crippen LogP contribution is -2.28. The second-order valence-corrected chi connectivity index (χ2v) is 6.52. The van der Waals surface area contributed by atoms with Gasteiger partial charge < -0.3 is 24.8 Å². The average molecular weight is 386 g/mol. The number of anilines is 1. The van der Waals surface area contributed by atoms with Crippen molar-refractivity contribution in [1.29, 1.82) is 0 Å². The second-order valence-electron chi connectivity index (χ2n) is 6.52. The SMILES string of the molecule is COc1cc(C(=O)Nc2ccccc2C(=O)NCC(C)C)cc(OC)c1OC. The topological polar surface area (TPSA) is 85.9 Å². The quantitative estimate of drug-likeness (QED) is 0.727. The maximum Gasteiger partial charge on any atom is 0.255 e. The second kappa shape index (κ2) is 9.64. The molecule has 2 amide bonds. The Morgan fingerprint density at radius 2 is 1.54 bits per heavy atom. The van der Waals surface area contributed by atoms with Gasteiger partial charge in [0.2, 0.25) is 5.75 Å². The third-order valence-electron chi connectivity index (χ3n) is 4.02. The van der Waals surface area contributed by atoms with Crippen molar-refractivity contribution in [3.05, 3.63) is 47.5 Å². The lowest BCUT2D eigenvalue weighted by Gasteiger charge is -2.15. The van der Waals surface area contributed by atoms with Crippen molar-refractivity contribution < 1.29 is 23.8 Å². The molecule has 7 nitrogen and oxygen atoms in total. The lowest BCUT2D eigenvalue weighted by atomic mass is 10.1. The Kier molecular flexibility index (Phi) is 7.26. The van der Waals surface area contributed by atoms with Crippen molar-refractivity contribution in [1.82, 2.24) is 5.32 Å². The molecule has 0 radical (unpaired) electrons. The van der Waals surface area contributed by atoms with Gasteiger partial charge in [-0.2, -0.15) is 0 Å². The number of hydrogen-bond donors (Lipinski definition) is 2. The van der Waals surface area contributed by atoms with Crippen molar-refractivity contribution in [3.8, 4) is 17.2 Å². The van der Waals surface area contributed by atoms with Crippen LogP contribution in [-0.4, -0.2) is 39.7 Å². The van der Waals surface area contributed by atoms with E-state index in [0.29, 0.717) is 46.5 Å². The van der Waals surface area contributed by atoms with E-state index in [1.807, 2.05) is 13.8 Å². The zero-order valence-electron chi connectivity index (χ0n) is 16.8. The molecule has 0 saturated carbocycles. The van der Waals surface area contributed by atoms with Crippen LogP contribution in [0.4, 0.5) is 5.69 Å². The number of amides is 2. The summed E-state index contributed by atoms with van der Waals surface area (Å²) < 4.78 is 15.8. The van der Waals surface area contributed by atoms with E-state index in [0.717, 1.165) is 0 Å². The Hall–Kier alpha value is -3.22. The number of benzene rings is 2. The fourth-order valence-corrected chi connectivity index (χ4v) is 2.59. The first-order valence-corrected chi connectivity index (χ1v) is 8.89. The van der Waals surface area contributed by atoms with Crippen LogP contribution in [-0.2, 0) is 0 Å². The van der Waals surface area contributed by atoms with Crippen LogP contribution in [0, 0.1) is 5.92 Å². The van der Waals surface area contributed by atoms with Crippen molar-refractivity contribution in [2.24, 2.45) is 5.92 Å². The predicted molar refractivity (Wildman–Crippen MR) is 108 cm³/mol. The Morgan fingerprint density at radius 1 is 0.929 bits per heavy atom. The van der Waals surface area contributed by atoms with Gasteiger partial charge in [-0.15, -0.1) is 0 Å². The zero-order valence-corrected chi connectivity index (χ0v) is 16.8. The van der Waals surface area contributed by atoms with Gasteiger partial charge in [0.05, 0.1) is 32.6 Å². The summed E-state index contributed by atoms with van der Waals surface area (Å²) in [5.74, 6) is 0.822. The number of carbonyl (C=O) groups excluding carboxylic acids is 2. The summed E-state index contributed by atoms with van der Waals surface area (Å²) >= 11 is 0. The highest BCUT2D eigenvalue weighted by molar-refractivity contribution is 6.09. The molecule has 0 aromatic heterocycles. The minimum atomic E-state index is -0.400. The van der Waals surface area contributed by atoms with E-state index in [2.05, 4.69) is 10.6 Å². The minimum Gasteiger partial charge on any atom is -0.493 e. The van der Waals surface area contributed by atoms with Crippen molar-refractivity contribution in [2.45, 2.75) is 13.8 Å². The summed E-state index contributed by atoms with van der Waals surface area (Å²) in [4.78, 5) is 25.2. The molecule has 0 heterocycles. The van der Waals surface area contributed by atoms with Crippen molar-refractivity contribution in [3.63, 3.8) is 0 Å². The van der Waals surface area contributed by atoms with Crippen LogP contribution < -0.4 is 24.8 Å². The van der Waals surface area contributed by atoms with Crippen molar-refractivity contribution in [2.75, 3.05) is 33.2 Å². The molecule has 28 heavy (non-hydrogen) atoms. The van der Waals surface area contributed by atoms with E-state index in [9.17, 15) is 9.59 Å². The molecule has 150 valence electrons. The van der Waals surface area contributed by atoms with Gasteiger partial charge in [-0.1, -0.05) is 26.0 Å². The third kappa shape index (κ3) is 4.94. The Bertz CT molecular complexity index is 823. The molecule has 2 aromatic rings. The fourth-order valence-electron chi connectivity index (χ4n) is 2.59. The van der Waals surface area contributed by atoms with Crippen LogP contribution in [0.2, 0.25) is 0 Å². The number of ether oxygens (including phenoxy) is 3. The first-order chi connectivity index (χ1) is 13.4. The molecule has 2 aromatic carbocycles. The van der Waals surface area contributed by atoms with Crippen LogP contribution in [0.25, 0.3) is 0 Å². The molecular formula is C21H26N2O5. The standard InChI is InChI=1S/C21H26N2O5/c1-13(2)12-22-21(25)15-8-6-7-9-16(15)23-20(24)14-10-17(26-3)19(28-5)18(11-14)27-4/h6-11,13H,12H2,1-5H3,(H,22,25)(H,23,24). The summed E-state index contributed by atoms with van der Waals surface area (Å²) in [7, 11) is 4.45. The average Bonchev–Trinajstić information content (AvgIpc) is 2.70. The normalized spacial score (nSPS) is 10.4. The summed E-state index contributed by atoms with van der Waals surface area (Å²) in [6.07, 6.45) is 0. The zero-order chi connectivity index (χ0) is 20.7. The van der Waals surface area contributed by atoms with Gasteiger partial charge in [0.15, 0.2) is 11.5 Å². The highest BCUT2D eigenvalue weighted by Crippen LogP contribution is 2.38. The largest absolute Gasteiger partial charge is 0.493 e. The molecule has 0 aliphatic carbocycles. The van der Waals surface area contributed by atoms with Gasteiger partial charge in [0, 0.05) is 12.1 Å². The molecule has 0 saturated heterocycles. The first-order valence-electron chi connectivity index (χ1n) is 8.89. The number of rotatable bonds is 8. The van der Waals surface area contributed by atoms with Gasteiger partial charge in [0.25, 0.3) is 11.8 Å². The molecule has 7 heteroatoms. The third-order valence-corrected chi connectivity index (χ3v) is 4.02. The van der Waals surface area contributed by atoms with E-state index < -0.39 is 5.91 Å². The molecule has 0 spiro atoms. The highest BCUT2D eigenvalue weighted by atomic mass is 16.5. The maximum atomic E-state index is 12.8.